The van der Waals surface area contributed by atoms with Crippen molar-refractivity contribution in [2.24, 2.45) is 0 Å². The lowest BCUT2D eigenvalue weighted by Crippen LogP contribution is -2.03. The molecule has 0 saturated heterocycles. The molecule has 2 rings (SSSR count). The first-order chi connectivity index (χ1) is 7.66. The Morgan fingerprint density at radius 3 is 2.56 bits per heavy atom. The lowest BCUT2D eigenvalue weighted by Gasteiger charge is -2.10. The van der Waals surface area contributed by atoms with Gasteiger partial charge in [-0.15, -0.1) is 0 Å². The van der Waals surface area contributed by atoms with E-state index in [1.165, 1.54) is 0 Å². The van der Waals surface area contributed by atoms with Gasteiger partial charge in [0.2, 0.25) is 0 Å². The Hall–Kier alpha value is -1.05. The smallest absolute Gasteiger partial charge is 0.0493 e. The zero-order valence-corrected chi connectivity index (χ0v) is 10.1. The van der Waals surface area contributed by atoms with Gasteiger partial charge < -0.3 is 5.41 Å². The summed E-state index contributed by atoms with van der Waals surface area (Å²) in [6, 6.07) is 5.41. The summed E-state index contributed by atoms with van der Waals surface area (Å²) in [5.41, 5.74) is 2.60. The predicted octanol–water partition coefficient (Wildman–Crippen LogP) is 4.75. The SMILES string of the molecule is N=C1CC=CCC1=Cc1ccc(Cl)cc1Cl. The average molecular weight is 252 g/mol. The van der Waals surface area contributed by atoms with Gasteiger partial charge in [0.15, 0.2) is 0 Å². The maximum atomic E-state index is 7.82. The molecule has 0 amide bonds. The minimum atomic E-state index is 0.627. The first-order valence-corrected chi connectivity index (χ1v) is 5.81. The molecular formula is C13H11Cl2N. The summed E-state index contributed by atoms with van der Waals surface area (Å²) in [6.07, 6.45) is 7.57. The number of halogens is 2. The number of allylic oxidation sites excluding steroid dienone is 3. The largest absolute Gasteiger partial charge is 0.305 e. The highest BCUT2D eigenvalue weighted by atomic mass is 35.5. The van der Waals surface area contributed by atoms with Gasteiger partial charge in [0.05, 0.1) is 0 Å². The molecule has 0 bridgehead atoms. The Balaban J connectivity index is 2.35. The molecule has 0 atom stereocenters. The van der Waals surface area contributed by atoms with Crippen LogP contribution >= 0.6 is 23.2 Å². The van der Waals surface area contributed by atoms with E-state index in [0.29, 0.717) is 22.2 Å². The van der Waals surface area contributed by atoms with Crippen LogP contribution in [0.25, 0.3) is 6.08 Å². The fraction of sp³-hybridized carbons (Fsp3) is 0.154. The van der Waals surface area contributed by atoms with Crippen molar-refractivity contribution in [1.29, 1.82) is 5.41 Å². The molecule has 1 aliphatic rings. The Bertz CT molecular complexity index is 487. The number of rotatable bonds is 1. The number of hydrogen-bond donors (Lipinski definition) is 1. The molecule has 1 aromatic rings. The second kappa shape index (κ2) is 4.86. The molecule has 1 nitrogen and oxygen atoms in total. The van der Waals surface area contributed by atoms with Crippen LogP contribution < -0.4 is 0 Å². The Labute approximate surface area is 105 Å². The molecule has 3 heteroatoms. The highest BCUT2D eigenvalue weighted by molar-refractivity contribution is 6.35. The monoisotopic (exact) mass is 251 g/mol. The van der Waals surface area contributed by atoms with E-state index in [4.69, 9.17) is 28.6 Å². The molecule has 1 aliphatic carbocycles. The first-order valence-electron chi connectivity index (χ1n) is 5.05. The van der Waals surface area contributed by atoms with E-state index in [-0.39, 0.29) is 0 Å². The van der Waals surface area contributed by atoms with Crippen LogP contribution in [0.4, 0.5) is 0 Å². The van der Waals surface area contributed by atoms with E-state index in [1.807, 2.05) is 24.3 Å². The maximum absolute atomic E-state index is 7.82. The molecule has 0 aromatic heterocycles. The van der Waals surface area contributed by atoms with Gasteiger partial charge in [0.1, 0.15) is 0 Å². The Morgan fingerprint density at radius 2 is 1.88 bits per heavy atom. The molecule has 0 heterocycles. The van der Waals surface area contributed by atoms with E-state index in [9.17, 15) is 0 Å². The third-order valence-electron chi connectivity index (χ3n) is 2.51. The van der Waals surface area contributed by atoms with Crippen LogP contribution in [-0.2, 0) is 0 Å². The first kappa shape index (κ1) is 11.4. The van der Waals surface area contributed by atoms with E-state index < -0.39 is 0 Å². The van der Waals surface area contributed by atoms with Crippen LogP contribution in [0, 0.1) is 5.41 Å². The van der Waals surface area contributed by atoms with Crippen molar-refractivity contribution < 1.29 is 0 Å². The molecule has 1 N–H and O–H groups in total. The van der Waals surface area contributed by atoms with Gasteiger partial charge in [-0.1, -0.05) is 41.4 Å². The minimum absolute atomic E-state index is 0.627. The topological polar surface area (TPSA) is 23.9 Å². The number of hydrogen-bond acceptors (Lipinski definition) is 1. The highest BCUT2D eigenvalue weighted by Gasteiger charge is 2.08. The molecule has 0 radical (unpaired) electrons. The van der Waals surface area contributed by atoms with Crippen molar-refractivity contribution in [3.05, 3.63) is 51.5 Å². The van der Waals surface area contributed by atoms with E-state index in [1.54, 1.807) is 6.07 Å². The second-order valence-corrected chi connectivity index (χ2v) is 4.54. The quantitative estimate of drug-likeness (QED) is 0.697. The summed E-state index contributed by atoms with van der Waals surface area (Å²) < 4.78 is 0. The van der Waals surface area contributed by atoms with Crippen LogP contribution in [-0.4, -0.2) is 5.71 Å². The van der Waals surface area contributed by atoms with Gasteiger partial charge in [-0.3, -0.25) is 0 Å². The predicted molar refractivity (Wildman–Crippen MR) is 70.5 cm³/mol. The van der Waals surface area contributed by atoms with Crippen molar-refractivity contribution in [1.82, 2.24) is 0 Å². The van der Waals surface area contributed by atoms with Crippen LogP contribution in [0.5, 0.6) is 0 Å². The lowest BCUT2D eigenvalue weighted by atomic mass is 9.96. The fourth-order valence-corrected chi connectivity index (χ4v) is 2.08. The van der Waals surface area contributed by atoms with Gasteiger partial charge in [-0.25, -0.2) is 0 Å². The normalized spacial score (nSPS) is 18.1. The van der Waals surface area contributed by atoms with Gasteiger partial charge >= 0.3 is 0 Å². The summed E-state index contributed by atoms with van der Waals surface area (Å²) in [5.74, 6) is 0. The summed E-state index contributed by atoms with van der Waals surface area (Å²) in [4.78, 5) is 0. The number of nitrogens with one attached hydrogen (secondary N) is 1. The summed E-state index contributed by atoms with van der Waals surface area (Å²) >= 11 is 11.9. The van der Waals surface area contributed by atoms with Crippen LogP contribution in [0.15, 0.2) is 35.9 Å². The minimum Gasteiger partial charge on any atom is -0.305 e. The van der Waals surface area contributed by atoms with Crippen LogP contribution in [0.1, 0.15) is 18.4 Å². The zero-order chi connectivity index (χ0) is 11.5. The van der Waals surface area contributed by atoms with Gasteiger partial charge in [0, 0.05) is 22.2 Å². The van der Waals surface area contributed by atoms with Crippen molar-refractivity contribution in [3.8, 4) is 0 Å². The Morgan fingerprint density at radius 1 is 1.12 bits per heavy atom. The summed E-state index contributed by atoms with van der Waals surface area (Å²) in [6.45, 7) is 0. The summed E-state index contributed by atoms with van der Waals surface area (Å²) in [7, 11) is 0. The van der Waals surface area contributed by atoms with E-state index in [0.717, 1.165) is 17.6 Å². The molecule has 0 spiro atoms. The molecular weight excluding hydrogens is 241 g/mol. The Kier molecular flexibility index (Phi) is 3.47. The molecule has 1 aromatic carbocycles. The van der Waals surface area contributed by atoms with Crippen molar-refractivity contribution >= 4 is 35.0 Å². The molecule has 16 heavy (non-hydrogen) atoms. The van der Waals surface area contributed by atoms with Gasteiger partial charge in [-0.2, -0.15) is 0 Å². The molecule has 0 fully saturated rings. The van der Waals surface area contributed by atoms with Crippen LogP contribution in [0.2, 0.25) is 10.0 Å². The highest BCUT2D eigenvalue weighted by Crippen LogP contribution is 2.25. The standard InChI is InChI=1S/C13H11Cl2N/c14-11-6-5-9(12(15)8-11)7-10-3-1-2-4-13(10)16/h1-2,5-8,16H,3-4H2. The van der Waals surface area contributed by atoms with Crippen molar-refractivity contribution in [2.75, 3.05) is 0 Å². The molecule has 0 saturated carbocycles. The maximum Gasteiger partial charge on any atom is 0.0493 e. The fourth-order valence-electron chi connectivity index (χ4n) is 1.62. The van der Waals surface area contributed by atoms with Crippen LogP contribution in [0.3, 0.4) is 0 Å². The van der Waals surface area contributed by atoms with Gasteiger partial charge in [-0.05, 0) is 35.8 Å². The van der Waals surface area contributed by atoms with Crippen molar-refractivity contribution in [3.63, 3.8) is 0 Å². The lowest BCUT2D eigenvalue weighted by molar-refractivity contribution is 1.20. The van der Waals surface area contributed by atoms with E-state index in [2.05, 4.69) is 6.08 Å². The van der Waals surface area contributed by atoms with E-state index >= 15 is 0 Å². The third kappa shape index (κ3) is 2.55. The number of benzene rings is 1. The zero-order valence-electron chi connectivity index (χ0n) is 8.63. The molecule has 82 valence electrons. The van der Waals surface area contributed by atoms with Crippen molar-refractivity contribution in [2.45, 2.75) is 12.8 Å². The second-order valence-electron chi connectivity index (χ2n) is 3.69. The van der Waals surface area contributed by atoms with Gasteiger partial charge in [0.25, 0.3) is 0 Å². The summed E-state index contributed by atoms with van der Waals surface area (Å²) in [5, 5.41) is 9.08. The third-order valence-corrected chi connectivity index (χ3v) is 3.07. The molecule has 0 unspecified atom stereocenters. The average Bonchev–Trinajstić information content (AvgIpc) is 2.25. The molecule has 0 aliphatic heterocycles.